The van der Waals surface area contributed by atoms with Crippen LogP contribution in [0.25, 0.3) is 0 Å². The van der Waals surface area contributed by atoms with E-state index < -0.39 is 0 Å². The summed E-state index contributed by atoms with van der Waals surface area (Å²) >= 11 is 0. The number of amides is 1. The molecule has 1 atom stereocenters. The molecule has 1 aromatic heterocycles. The number of piperidine rings is 1. The van der Waals surface area contributed by atoms with Crippen LogP contribution in [0.2, 0.25) is 0 Å². The molecule has 0 aromatic carbocycles. The Morgan fingerprint density at radius 2 is 2.05 bits per heavy atom. The number of nitrogens with two attached hydrogens (primary N) is 1. The highest BCUT2D eigenvalue weighted by Crippen LogP contribution is 2.21. The largest absolute Gasteiger partial charge is 0.370 e. The van der Waals surface area contributed by atoms with E-state index in [0.717, 1.165) is 25.8 Å². The van der Waals surface area contributed by atoms with Crippen molar-refractivity contribution >= 4 is 5.91 Å². The topological polar surface area (TPSA) is 59.2 Å². The van der Waals surface area contributed by atoms with Gasteiger partial charge in [-0.25, -0.2) is 0 Å². The van der Waals surface area contributed by atoms with Gasteiger partial charge in [-0.2, -0.15) is 0 Å². The summed E-state index contributed by atoms with van der Waals surface area (Å²) in [6.45, 7) is 2.36. The molecule has 0 saturated carbocycles. The smallest absolute Gasteiger partial charge is 0.217 e. The molecule has 0 aliphatic carbocycles. The van der Waals surface area contributed by atoms with E-state index in [-0.39, 0.29) is 5.91 Å². The van der Waals surface area contributed by atoms with E-state index in [2.05, 4.69) is 22.0 Å². The maximum atomic E-state index is 10.7. The number of carbonyl (C=O) groups is 1. The lowest BCUT2D eigenvalue weighted by Gasteiger charge is -2.36. The second-order valence-corrected chi connectivity index (χ2v) is 6.02. The van der Waals surface area contributed by atoms with Gasteiger partial charge in [0, 0.05) is 24.9 Å². The fraction of sp³-hybridized carbons (Fsp3) is 0.647. The predicted molar refractivity (Wildman–Crippen MR) is 84.8 cm³/mol. The fourth-order valence-corrected chi connectivity index (χ4v) is 3.17. The molecule has 1 amide bonds. The van der Waals surface area contributed by atoms with Crippen LogP contribution in [0.4, 0.5) is 0 Å². The van der Waals surface area contributed by atoms with E-state index in [1.54, 1.807) is 0 Å². The first-order valence-electron chi connectivity index (χ1n) is 8.17. The minimum Gasteiger partial charge on any atom is -0.370 e. The van der Waals surface area contributed by atoms with Crippen molar-refractivity contribution in [2.45, 2.75) is 57.4 Å². The van der Waals surface area contributed by atoms with Crippen molar-refractivity contribution < 1.29 is 4.79 Å². The van der Waals surface area contributed by atoms with Crippen LogP contribution >= 0.6 is 0 Å². The minimum atomic E-state index is -0.177. The van der Waals surface area contributed by atoms with Gasteiger partial charge in [-0.05, 0) is 62.9 Å². The van der Waals surface area contributed by atoms with Gasteiger partial charge in [0.05, 0.1) is 0 Å². The molecule has 4 heteroatoms. The fourth-order valence-electron chi connectivity index (χ4n) is 3.17. The molecule has 1 unspecified atom stereocenters. The maximum Gasteiger partial charge on any atom is 0.217 e. The molecule has 4 nitrogen and oxygen atoms in total. The minimum absolute atomic E-state index is 0.177. The summed E-state index contributed by atoms with van der Waals surface area (Å²) in [6.07, 6.45) is 12.6. The Bertz CT molecular complexity index is 421. The molecule has 1 aliphatic heterocycles. The van der Waals surface area contributed by atoms with Crippen molar-refractivity contribution in [3.05, 3.63) is 30.1 Å². The Labute approximate surface area is 127 Å². The molecule has 2 heterocycles. The van der Waals surface area contributed by atoms with E-state index >= 15 is 0 Å². The Morgan fingerprint density at radius 1 is 1.24 bits per heavy atom. The lowest BCUT2D eigenvalue weighted by Crippen LogP contribution is -2.41. The van der Waals surface area contributed by atoms with Gasteiger partial charge < -0.3 is 10.6 Å². The number of unbranched alkanes of at least 4 members (excludes halogenated alkanes) is 2. The highest BCUT2D eigenvalue weighted by Gasteiger charge is 2.21. The molecule has 2 N–H and O–H groups in total. The van der Waals surface area contributed by atoms with Gasteiger partial charge in [-0.15, -0.1) is 0 Å². The van der Waals surface area contributed by atoms with E-state index in [0.29, 0.717) is 12.5 Å². The summed E-state index contributed by atoms with van der Waals surface area (Å²) in [6, 6.07) is 4.91. The number of pyridine rings is 1. The molecule has 2 rings (SSSR count). The Hall–Kier alpha value is -1.42. The molecule has 0 bridgehead atoms. The van der Waals surface area contributed by atoms with Crippen LogP contribution in [-0.2, 0) is 11.2 Å². The monoisotopic (exact) mass is 289 g/mol. The van der Waals surface area contributed by atoms with Crippen LogP contribution in [0, 0.1) is 0 Å². The average molecular weight is 289 g/mol. The quantitative estimate of drug-likeness (QED) is 0.748. The second kappa shape index (κ2) is 8.78. The highest BCUT2D eigenvalue weighted by atomic mass is 16.1. The van der Waals surface area contributed by atoms with Gasteiger partial charge in [0.15, 0.2) is 0 Å². The number of nitrogens with zero attached hydrogens (tertiary/aromatic N) is 2. The first-order valence-corrected chi connectivity index (χ1v) is 8.17. The van der Waals surface area contributed by atoms with Crippen molar-refractivity contribution in [2.24, 2.45) is 5.73 Å². The summed E-state index contributed by atoms with van der Waals surface area (Å²) < 4.78 is 0. The first-order chi connectivity index (χ1) is 10.3. The van der Waals surface area contributed by atoms with Crippen molar-refractivity contribution in [1.29, 1.82) is 0 Å². The number of hydrogen-bond acceptors (Lipinski definition) is 3. The maximum absolute atomic E-state index is 10.7. The van der Waals surface area contributed by atoms with Crippen LogP contribution in [0.3, 0.4) is 0 Å². The summed E-state index contributed by atoms with van der Waals surface area (Å²) in [4.78, 5) is 17.4. The van der Waals surface area contributed by atoms with E-state index in [9.17, 15) is 4.79 Å². The third kappa shape index (κ3) is 5.84. The molecule has 1 saturated heterocycles. The van der Waals surface area contributed by atoms with Crippen LogP contribution < -0.4 is 5.73 Å². The Kier molecular flexibility index (Phi) is 6.67. The average Bonchev–Trinajstić information content (AvgIpc) is 2.49. The zero-order valence-corrected chi connectivity index (χ0v) is 12.8. The van der Waals surface area contributed by atoms with E-state index in [4.69, 9.17) is 5.73 Å². The van der Waals surface area contributed by atoms with Crippen LogP contribution in [-0.4, -0.2) is 34.9 Å². The van der Waals surface area contributed by atoms with Crippen LogP contribution in [0.15, 0.2) is 24.5 Å². The normalized spacial score (nSPS) is 19.5. The van der Waals surface area contributed by atoms with Gasteiger partial charge in [0.1, 0.15) is 0 Å². The molecular formula is C17H27N3O. The number of aromatic nitrogens is 1. The predicted octanol–water partition coefficient (Wildman–Crippen LogP) is 2.52. The molecular weight excluding hydrogens is 262 g/mol. The number of rotatable bonds is 8. The van der Waals surface area contributed by atoms with Crippen LogP contribution in [0.1, 0.15) is 50.5 Å². The summed E-state index contributed by atoms with van der Waals surface area (Å²) in [5.74, 6) is -0.177. The third-order valence-corrected chi connectivity index (χ3v) is 4.34. The van der Waals surface area contributed by atoms with Gasteiger partial charge in [0.2, 0.25) is 5.91 Å². The first kappa shape index (κ1) is 16.0. The molecule has 0 spiro atoms. The van der Waals surface area contributed by atoms with E-state index in [1.165, 1.54) is 37.8 Å². The summed E-state index contributed by atoms with van der Waals surface area (Å²) in [7, 11) is 0. The molecule has 116 valence electrons. The van der Waals surface area contributed by atoms with Gasteiger partial charge in [-0.3, -0.25) is 9.78 Å². The summed E-state index contributed by atoms with van der Waals surface area (Å²) in [5, 5.41) is 0. The number of hydrogen-bond donors (Lipinski definition) is 1. The zero-order chi connectivity index (χ0) is 14.9. The number of likely N-dealkylation sites (tertiary alicyclic amines) is 1. The van der Waals surface area contributed by atoms with Crippen molar-refractivity contribution in [3.63, 3.8) is 0 Å². The zero-order valence-electron chi connectivity index (χ0n) is 12.8. The molecule has 1 aromatic rings. The highest BCUT2D eigenvalue weighted by molar-refractivity contribution is 5.73. The van der Waals surface area contributed by atoms with Gasteiger partial charge in [0.25, 0.3) is 0 Å². The molecule has 0 radical (unpaired) electrons. The SMILES string of the molecule is NC(=O)CCCCCN1CCCCC1Cc1ccncc1. The lowest BCUT2D eigenvalue weighted by molar-refractivity contribution is -0.118. The molecule has 1 fully saturated rings. The van der Waals surface area contributed by atoms with E-state index in [1.807, 2.05) is 12.4 Å². The van der Waals surface area contributed by atoms with Crippen molar-refractivity contribution in [2.75, 3.05) is 13.1 Å². The number of carbonyl (C=O) groups excluding carboxylic acids is 1. The standard InChI is InChI=1S/C17H27N3O/c18-17(21)7-2-1-4-12-20-13-5-3-6-16(20)14-15-8-10-19-11-9-15/h8-11,16H,1-7,12-14H2,(H2,18,21). The third-order valence-electron chi connectivity index (χ3n) is 4.34. The Balaban J connectivity index is 1.75. The molecule has 21 heavy (non-hydrogen) atoms. The number of primary amides is 1. The second-order valence-electron chi connectivity index (χ2n) is 6.02. The lowest BCUT2D eigenvalue weighted by atomic mass is 9.95. The van der Waals surface area contributed by atoms with Crippen LogP contribution in [0.5, 0.6) is 0 Å². The summed E-state index contributed by atoms with van der Waals surface area (Å²) in [5.41, 5.74) is 6.56. The van der Waals surface area contributed by atoms with Gasteiger partial charge >= 0.3 is 0 Å². The molecule has 1 aliphatic rings. The van der Waals surface area contributed by atoms with Crippen molar-refractivity contribution in [3.8, 4) is 0 Å². The van der Waals surface area contributed by atoms with Gasteiger partial charge in [-0.1, -0.05) is 12.8 Å². The van der Waals surface area contributed by atoms with Crippen molar-refractivity contribution in [1.82, 2.24) is 9.88 Å². The Morgan fingerprint density at radius 3 is 2.81 bits per heavy atom.